The molecule has 4 nitrogen and oxygen atoms in total. The summed E-state index contributed by atoms with van der Waals surface area (Å²) in [4.78, 5) is 14.2. The maximum atomic E-state index is 12.4. The number of amides is 1. The van der Waals surface area contributed by atoms with Crippen LogP contribution in [0.1, 0.15) is 45.7 Å². The van der Waals surface area contributed by atoms with E-state index < -0.39 is 5.60 Å². The first-order chi connectivity index (χ1) is 13.6. The van der Waals surface area contributed by atoms with Crippen LogP contribution in [0.25, 0.3) is 5.57 Å². The van der Waals surface area contributed by atoms with Crippen LogP contribution in [0.2, 0.25) is 0 Å². The Morgan fingerprint density at radius 1 is 1.03 bits per heavy atom. The van der Waals surface area contributed by atoms with Gasteiger partial charge in [0.05, 0.1) is 0 Å². The first-order valence-corrected chi connectivity index (χ1v) is 10.1. The second-order valence-corrected chi connectivity index (χ2v) is 9.16. The largest absolute Gasteiger partial charge is 0.489 e. The minimum Gasteiger partial charge on any atom is -0.489 e. The van der Waals surface area contributed by atoms with Crippen molar-refractivity contribution in [3.05, 3.63) is 71.8 Å². The molecule has 0 saturated heterocycles. The highest BCUT2D eigenvalue weighted by molar-refractivity contribution is 5.75. The second kappa shape index (κ2) is 8.32. The van der Waals surface area contributed by atoms with Crippen LogP contribution < -0.4 is 4.74 Å². The number of carbonyl (C=O) groups excluding carboxylic acids is 1. The summed E-state index contributed by atoms with van der Waals surface area (Å²) in [6, 6.07) is 18.3. The fourth-order valence-electron chi connectivity index (χ4n) is 3.55. The van der Waals surface area contributed by atoms with Gasteiger partial charge < -0.3 is 14.4 Å². The van der Waals surface area contributed by atoms with E-state index in [1.165, 1.54) is 5.57 Å². The van der Waals surface area contributed by atoms with E-state index in [1.54, 1.807) is 4.90 Å². The quantitative estimate of drug-likeness (QED) is 0.646. The number of nitrogens with zero attached hydrogens (tertiary/aromatic N) is 1. The number of hydrogen-bond acceptors (Lipinski definition) is 3. The third-order valence-corrected chi connectivity index (χ3v) is 4.90. The van der Waals surface area contributed by atoms with Crippen LogP contribution in [-0.2, 0) is 11.3 Å². The Morgan fingerprint density at radius 3 is 2.28 bits per heavy atom. The van der Waals surface area contributed by atoms with E-state index in [4.69, 9.17) is 9.47 Å². The van der Waals surface area contributed by atoms with Crippen molar-refractivity contribution in [3.63, 3.8) is 0 Å². The fraction of sp³-hybridized carbons (Fsp3) is 0.400. The highest BCUT2D eigenvalue weighted by Crippen LogP contribution is 2.39. The van der Waals surface area contributed by atoms with Gasteiger partial charge in [-0.3, -0.25) is 0 Å². The van der Waals surface area contributed by atoms with E-state index in [9.17, 15) is 4.79 Å². The molecule has 2 aromatic carbocycles. The summed E-state index contributed by atoms with van der Waals surface area (Å²) in [5.41, 5.74) is 2.90. The van der Waals surface area contributed by atoms with Gasteiger partial charge in [0.25, 0.3) is 0 Å². The van der Waals surface area contributed by atoms with Crippen molar-refractivity contribution in [2.24, 2.45) is 5.41 Å². The van der Waals surface area contributed by atoms with E-state index >= 15 is 0 Å². The highest BCUT2D eigenvalue weighted by Gasteiger charge is 2.34. The van der Waals surface area contributed by atoms with E-state index in [0.717, 1.165) is 16.9 Å². The van der Waals surface area contributed by atoms with Gasteiger partial charge in [-0.1, -0.05) is 62.4 Å². The second-order valence-electron chi connectivity index (χ2n) is 9.16. The van der Waals surface area contributed by atoms with Gasteiger partial charge in [0.15, 0.2) is 0 Å². The Bertz CT molecular complexity index is 861. The molecule has 1 aliphatic heterocycles. The first-order valence-electron chi connectivity index (χ1n) is 10.1. The predicted octanol–water partition coefficient (Wildman–Crippen LogP) is 5.93. The topological polar surface area (TPSA) is 38.8 Å². The van der Waals surface area contributed by atoms with Gasteiger partial charge in [-0.25, -0.2) is 4.79 Å². The Morgan fingerprint density at radius 2 is 1.69 bits per heavy atom. The molecule has 2 aromatic rings. The van der Waals surface area contributed by atoms with E-state index in [-0.39, 0.29) is 11.5 Å². The molecule has 0 unspecified atom stereocenters. The molecular weight excluding hydrogens is 362 g/mol. The van der Waals surface area contributed by atoms with E-state index in [1.807, 2.05) is 51.1 Å². The van der Waals surface area contributed by atoms with Crippen molar-refractivity contribution in [2.75, 3.05) is 13.1 Å². The van der Waals surface area contributed by atoms with Crippen molar-refractivity contribution in [1.82, 2.24) is 4.90 Å². The third-order valence-electron chi connectivity index (χ3n) is 4.90. The van der Waals surface area contributed by atoms with Crippen LogP contribution in [0.5, 0.6) is 5.75 Å². The molecule has 0 N–H and O–H groups in total. The van der Waals surface area contributed by atoms with Gasteiger partial charge in [0.2, 0.25) is 0 Å². The summed E-state index contributed by atoms with van der Waals surface area (Å²) in [5.74, 6) is 0.849. The molecule has 0 radical (unpaired) electrons. The number of rotatable bonds is 4. The summed E-state index contributed by atoms with van der Waals surface area (Å²) < 4.78 is 11.4. The lowest BCUT2D eigenvalue weighted by Gasteiger charge is -2.39. The van der Waals surface area contributed by atoms with Crippen LogP contribution >= 0.6 is 0 Å². The smallest absolute Gasteiger partial charge is 0.410 e. The summed E-state index contributed by atoms with van der Waals surface area (Å²) in [5, 5.41) is 0. The summed E-state index contributed by atoms with van der Waals surface area (Å²) in [6.07, 6.45) is 1.87. The lowest BCUT2D eigenvalue weighted by atomic mass is 9.77. The van der Waals surface area contributed by atoms with Crippen LogP contribution in [0, 0.1) is 5.41 Å². The Balaban J connectivity index is 1.67. The lowest BCUT2D eigenvalue weighted by Crippen LogP contribution is -2.45. The van der Waals surface area contributed by atoms with Crippen molar-refractivity contribution < 1.29 is 14.3 Å². The Labute approximate surface area is 174 Å². The summed E-state index contributed by atoms with van der Waals surface area (Å²) in [7, 11) is 0. The Hall–Kier alpha value is -2.75. The van der Waals surface area contributed by atoms with Gasteiger partial charge in [-0.2, -0.15) is 0 Å². The zero-order valence-corrected chi connectivity index (χ0v) is 18.1. The van der Waals surface area contributed by atoms with Gasteiger partial charge in [-0.05, 0) is 49.6 Å². The molecule has 1 heterocycles. The first kappa shape index (κ1) is 21.0. The van der Waals surface area contributed by atoms with Crippen LogP contribution in [-0.4, -0.2) is 29.7 Å². The predicted molar refractivity (Wildman–Crippen MR) is 117 cm³/mol. The highest BCUT2D eigenvalue weighted by atomic mass is 16.6. The zero-order valence-electron chi connectivity index (χ0n) is 18.1. The van der Waals surface area contributed by atoms with E-state index in [0.29, 0.717) is 19.7 Å². The molecule has 0 atom stereocenters. The normalized spacial score (nSPS) is 16.2. The minimum absolute atomic E-state index is 0.165. The monoisotopic (exact) mass is 393 g/mol. The molecule has 0 bridgehead atoms. The van der Waals surface area contributed by atoms with Crippen molar-refractivity contribution in [1.29, 1.82) is 0 Å². The molecule has 1 amide bonds. The van der Waals surface area contributed by atoms with E-state index in [2.05, 4.69) is 44.2 Å². The van der Waals surface area contributed by atoms with Crippen molar-refractivity contribution >= 4 is 11.7 Å². The fourth-order valence-corrected chi connectivity index (χ4v) is 3.55. The minimum atomic E-state index is -0.485. The maximum Gasteiger partial charge on any atom is 0.410 e. The van der Waals surface area contributed by atoms with Crippen LogP contribution in [0.4, 0.5) is 4.79 Å². The molecular formula is C25H31NO3. The summed E-state index contributed by atoms with van der Waals surface area (Å²) >= 11 is 0. The molecule has 0 aromatic heterocycles. The van der Waals surface area contributed by atoms with Crippen molar-refractivity contribution in [2.45, 2.75) is 46.8 Å². The van der Waals surface area contributed by atoms with Crippen LogP contribution in [0.3, 0.4) is 0 Å². The standard InChI is InChI=1S/C25H31NO3/c1-24(2,3)29-23(27)26-16-15-22(25(4,5)18-26)20-11-13-21(14-12-20)28-17-19-9-7-6-8-10-19/h6-15H,16-18H2,1-5H3. The maximum absolute atomic E-state index is 12.4. The molecule has 0 saturated carbocycles. The molecule has 0 fully saturated rings. The number of carbonyl (C=O) groups is 1. The molecule has 29 heavy (non-hydrogen) atoms. The average molecular weight is 394 g/mol. The van der Waals surface area contributed by atoms with Gasteiger partial charge in [-0.15, -0.1) is 0 Å². The average Bonchev–Trinajstić information content (AvgIpc) is 2.65. The molecule has 4 heteroatoms. The van der Waals surface area contributed by atoms with Gasteiger partial charge in [0, 0.05) is 18.5 Å². The molecule has 3 rings (SSSR count). The zero-order chi connectivity index (χ0) is 21.1. The molecule has 154 valence electrons. The number of hydrogen-bond donors (Lipinski definition) is 0. The Kier molecular flexibility index (Phi) is 6.02. The summed E-state index contributed by atoms with van der Waals surface area (Å²) in [6.45, 7) is 11.7. The molecule has 0 aliphatic carbocycles. The van der Waals surface area contributed by atoms with Crippen LogP contribution in [0.15, 0.2) is 60.7 Å². The molecule has 0 spiro atoms. The SMILES string of the molecule is CC(C)(C)OC(=O)N1CC=C(c2ccc(OCc3ccccc3)cc2)C(C)(C)C1. The lowest BCUT2D eigenvalue weighted by molar-refractivity contribution is 0.0219. The van der Waals surface area contributed by atoms with Crippen molar-refractivity contribution in [3.8, 4) is 5.75 Å². The van der Waals surface area contributed by atoms with Gasteiger partial charge >= 0.3 is 6.09 Å². The number of benzene rings is 2. The third kappa shape index (κ3) is 5.63. The number of ether oxygens (including phenoxy) is 2. The van der Waals surface area contributed by atoms with Gasteiger partial charge in [0.1, 0.15) is 18.0 Å². The molecule has 1 aliphatic rings.